The summed E-state index contributed by atoms with van der Waals surface area (Å²) in [5, 5.41) is 17.2. The normalized spacial score (nSPS) is 9.90. The Hall–Kier alpha value is -0.940. The molecule has 5 heteroatoms. The predicted molar refractivity (Wildman–Crippen MR) is 78.4 cm³/mol. The molecule has 0 saturated carbocycles. The van der Waals surface area contributed by atoms with Gasteiger partial charge in [0.25, 0.3) is 0 Å². The van der Waals surface area contributed by atoms with Crippen LogP contribution in [0.3, 0.4) is 0 Å². The molecular formula is C15H30O5. The molecule has 0 bridgehead atoms. The lowest BCUT2D eigenvalue weighted by Gasteiger charge is -2.04. The van der Waals surface area contributed by atoms with E-state index in [1.165, 1.54) is 0 Å². The minimum atomic E-state index is -0.272. The van der Waals surface area contributed by atoms with Crippen LogP contribution in [0.4, 0.5) is 0 Å². The van der Waals surface area contributed by atoms with Crippen LogP contribution in [0.2, 0.25) is 0 Å². The van der Waals surface area contributed by atoms with Crippen LogP contribution in [-0.2, 0) is 14.3 Å². The molecule has 0 heterocycles. The molecule has 0 aromatic rings. The van der Waals surface area contributed by atoms with Crippen molar-refractivity contribution in [3.05, 3.63) is 0 Å². The van der Waals surface area contributed by atoms with Crippen molar-refractivity contribution in [2.45, 2.75) is 65.2 Å². The zero-order valence-corrected chi connectivity index (χ0v) is 11.6. The number of ether oxygens (including phenoxy) is 1. The number of rotatable bonds is 13. The average Bonchev–Trinajstić information content (AvgIpc) is 2.40. The number of Topliss-reactive ketones (excluding diaryl/α,β-unsaturated/α-hetero) is 1. The number of carbonyl (C=O) groups excluding carboxylic acids is 2. The second-order valence-corrected chi connectivity index (χ2v) is 4.58. The van der Waals surface area contributed by atoms with E-state index in [2.05, 4.69) is 0 Å². The lowest BCUT2D eigenvalue weighted by atomic mass is 10.1. The number of aliphatic hydroxyl groups excluding tert-OH is 2. The second-order valence-electron chi connectivity index (χ2n) is 4.58. The van der Waals surface area contributed by atoms with Crippen LogP contribution >= 0.6 is 0 Å². The summed E-state index contributed by atoms with van der Waals surface area (Å²) in [6, 6.07) is 0. The molecular weight excluding hydrogens is 260 g/mol. The fourth-order valence-corrected chi connectivity index (χ4v) is 1.64. The van der Waals surface area contributed by atoms with Crippen molar-refractivity contribution < 1.29 is 24.5 Å². The highest BCUT2D eigenvalue weighted by Gasteiger charge is 2.06. The number of hydrogen-bond donors (Lipinski definition) is 2. The summed E-state index contributed by atoms with van der Waals surface area (Å²) < 4.78 is 4.96. The molecule has 0 amide bonds. The van der Waals surface area contributed by atoms with E-state index < -0.39 is 0 Å². The maximum absolute atomic E-state index is 11.4. The Kier molecular flexibility index (Phi) is 17.2. The van der Waals surface area contributed by atoms with E-state index in [1.54, 1.807) is 0 Å². The summed E-state index contributed by atoms with van der Waals surface area (Å²) in [5.74, 6) is -0.169. The third-order valence-electron chi connectivity index (χ3n) is 2.80. The molecule has 0 fully saturated rings. The van der Waals surface area contributed by atoms with Gasteiger partial charge in [0, 0.05) is 32.5 Å². The summed E-state index contributed by atoms with van der Waals surface area (Å²) >= 11 is 0. The van der Waals surface area contributed by atoms with Crippen LogP contribution in [0.15, 0.2) is 0 Å². The smallest absolute Gasteiger partial charge is 0.305 e. The van der Waals surface area contributed by atoms with E-state index in [0.29, 0.717) is 25.7 Å². The average molecular weight is 290 g/mol. The van der Waals surface area contributed by atoms with Gasteiger partial charge in [0.1, 0.15) is 5.78 Å². The van der Waals surface area contributed by atoms with Gasteiger partial charge in [-0.2, -0.15) is 0 Å². The highest BCUT2D eigenvalue weighted by molar-refractivity contribution is 5.78. The zero-order chi connectivity index (χ0) is 14.3. The van der Waals surface area contributed by atoms with Crippen LogP contribution in [0.1, 0.15) is 65.2 Å². The summed E-state index contributed by atoms with van der Waals surface area (Å²) in [4.78, 5) is 22.7. The summed E-state index contributed by atoms with van der Waals surface area (Å²) in [6.45, 7) is 0.486. The summed E-state index contributed by atoms with van der Waals surface area (Å²) in [6.07, 6.45) is 5.74. The molecule has 0 saturated heterocycles. The predicted octanol–water partition coefficient (Wildman–Crippen LogP) is 2.23. The van der Waals surface area contributed by atoms with Crippen molar-refractivity contribution in [3.63, 3.8) is 0 Å². The number of hydrogen-bond acceptors (Lipinski definition) is 5. The molecule has 2 N–H and O–H groups in total. The van der Waals surface area contributed by atoms with Gasteiger partial charge >= 0.3 is 5.97 Å². The molecule has 120 valence electrons. The molecule has 5 nitrogen and oxygen atoms in total. The monoisotopic (exact) mass is 290 g/mol. The molecule has 0 aliphatic rings. The lowest BCUT2D eigenvalue weighted by molar-refractivity contribution is -0.144. The molecule has 0 atom stereocenters. The van der Waals surface area contributed by atoms with E-state index in [0.717, 1.165) is 25.7 Å². The minimum absolute atomic E-state index is 0. The second kappa shape index (κ2) is 16.1. The van der Waals surface area contributed by atoms with Gasteiger partial charge in [-0.15, -0.1) is 0 Å². The molecule has 0 radical (unpaired) electrons. The standard InChI is InChI=1S/C14H26O5.CH4/c15-10-5-1-3-7-13(17)9-12-19-14(18)8-4-2-6-11-16;/h15-16H,1-12H2;1H4. The van der Waals surface area contributed by atoms with E-state index in [9.17, 15) is 9.59 Å². The molecule has 0 aromatic heterocycles. The first-order valence-electron chi connectivity index (χ1n) is 7.09. The number of unbranched alkanes of at least 4 members (excludes halogenated alkanes) is 4. The van der Waals surface area contributed by atoms with E-state index in [-0.39, 0.29) is 45.4 Å². The number of ketones is 1. The van der Waals surface area contributed by atoms with E-state index in [4.69, 9.17) is 14.9 Å². The van der Waals surface area contributed by atoms with Crippen LogP contribution in [0.25, 0.3) is 0 Å². The molecule has 0 unspecified atom stereocenters. The molecule has 0 rings (SSSR count). The minimum Gasteiger partial charge on any atom is -0.465 e. The number of esters is 1. The first-order chi connectivity index (χ1) is 9.20. The Balaban J connectivity index is 0. The van der Waals surface area contributed by atoms with Crippen LogP contribution in [0.5, 0.6) is 0 Å². The van der Waals surface area contributed by atoms with Gasteiger partial charge in [-0.1, -0.05) is 20.3 Å². The van der Waals surface area contributed by atoms with E-state index >= 15 is 0 Å². The lowest BCUT2D eigenvalue weighted by Crippen LogP contribution is -2.09. The van der Waals surface area contributed by atoms with E-state index in [1.807, 2.05) is 0 Å². The van der Waals surface area contributed by atoms with Gasteiger partial charge in [-0.3, -0.25) is 9.59 Å². The molecule has 0 aliphatic heterocycles. The van der Waals surface area contributed by atoms with Crippen molar-refractivity contribution in [1.29, 1.82) is 0 Å². The Labute approximate surface area is 122 Å². The molecule has 20 heavy (non-hydrogen) atoms. The van der Waals surface area contributed by atoms with Crippen LogP contribution in [0, 0.1) is 0 Å². The van der Waals surface area contributed by atoms with Crippen molar-refractivity contribution in [2.24, 2.45) is 0 Å². The highest BCUT2D eigenvalue weighted by Crippen LogP contribution is 2.04. The van der Waals surface area contributed by atoms with Gasteiger partial charge in [0.15, 0.2) is 0 Å². The summed E-state index contributed by atoms with van der Waals surface area (Å²) in [5.41, 5.74) is 0. The van der Waals surface area contributed by atoms with Crippen molar-refractivity contribution >= 4 is 11.8 Å². The fourth-order valence-electron chi connectivity index (χ4n) is 1.64. The third-order valence-corrected chi connectivity index (χ3v) is 2.80. The fraction of sp³-hybridized carbons (Fsp3) is 0.867. The quantitative estimate of drug-likeness (QED) is 0.401. The first kappa shape index (κ1) is 21.4. The van der Waals surface area contributed by atoms with Crippen molar-refractivity contribution in [3.8, 4) is 0 Å². The molecule has 0 aromatic carbocycles. The van der Waals surface area contributed by atoms with Crippen LogP contribution < -0.4 is 0 Å². The molecule has 0 aliphatic carbocycles. The Bertz CT molecular complexity index is 216. The van der Waals surface area contributed by atoms with Crippen molar-refractivity contribution in [1.82, 2.24) is 0 Å². The van der Waals surface area contributed by atoms with Gasteiger partial charge in [0.05, 0.1) is 6.61 Å². The van der Waals surface area contributed by atoms with Crippen molar-refractivity contribution in [2.75, 3.05) is 19.8 Å². The maximum atomic E-state index is 11.4. The van der Waals surface area contributed by atoms with Gasteiger partial charge < -0.3 is 14.9 Å². The van der Waals surface area contributed by atoms with Gasteiger partial charge in [0.2, 0.25) is 0 Å². The summed E-state index contributed by atoms with van der Waals surface area (Å²) in [7, 11) is 0. The maximum Gasteiger partial charge on any atom is 0.305 e. The van der Waals surface area contributed by atoms with Crippen LogP contribution in [-0.4, -0.2) is 41.8 Å². The Morgan fingerprint density at radius 3 is 1.85 bits per heavy atom. The number of aliphatic hydroxyl groups is 2. The van der Waals surface area contributed by atoms with Gasteiger partial charge in [-0.25, -0.2) is 0 Å². The highest BCUT2D eigenvalue weighted by atomic mass is 16.5. The topological polar surface area (TPSA) is 83.8 Å². The van der Waals surface area contributed by atoms with Gasteiger partial charge in [-0.05, 0) is 25.7 Å². The SMILES string of the molecule is C.O=C(CCCCCO)CCOC(=O)CCCCCO. The zero-order valence-electron chi connectivity index (χ0n) is 11.6. The molecule has 0 spiro atoms. The third kappa shape index (κ3) is 15.1. The number of carbonyl (C=O) groups is 2. The first-order valence-corrected chi connectivity index (χ1v) is 7.09. The Morgan fingerprint density at radius 2 is 1.30 bits per heavy atom. The largest absolute Gasteiger partial charge is 0.465 e. The Morgan fingerprint density at radius 1 is 0.750 bits per heavy atom.